The van der Waals surface area contributed by atoms with Gasteiger partial charge in [-0.15, -0.1) is 0 Å². The summed E-state index contributed by atoms with van der Waals surface area (Å²) in [6.45, 7) is 5.57. The summed E-state index contributed by atoms with van der Waals surface area (Å²) in [5.74, 6) is 2.11. The van der Waals surface area contributed by atoms with Crippen LogP contribution in [0.1, 0.15) is 18.5 Å². The summed E-state index contributed by atoms with van der Waals surface area (Å²) in [4.78, 5) is 17.8. The summed E-state index contributed by atoms with van der Waals surface area (Å²) in [6.07, 6.45) is 1.52. The van der Waals surface area contributed by atoms with E-state index in [0.29, 0.717) is 23.0 Å². The number of halogens is 1. The van der Waals surface area contributed by atoms with E-state index >= 15 is 0 Å². The van der Waals surface area contributed by atoms with Gasteiger partial charge in [-0.05, 0) is 42.8 Å². The number of ether oxygens (including phenoxy) is 1. The van der Waals surface area contributed by atoms with Gasteiger partial charge in [0.1, 0.15) is 29.3 Å². The van der Waals surface area contributed by atoms with E-state index in [2.05, 4.69) is 31.7 Å². The molecule has 1 saturated heterocycles. The topological polar surface area (TPSA) is 80.4 Å². The highest BCUT2D eigenvalue weighted by molar-refractivity contribution is 5.85. The Morgan fingerprint density at radius 2 is 1.76 bits per heavy atom. The first kappa shape index (κ1) is 21.1. The van der Waals surface area contributed by atoms with Crippen molar-refractivity contribution in [3.05, 3.63) is 78.4 Å². The van der Waals surface area contributed by atoms with Crippen molar-refractivity contribution in [2.45, 2.75) is 13.0 Å². The Bertz CT molecular complexity index is 1260. The third kappa shape index (κ3) is 4.56. The molecule has 0 amide bonds. The molecule has 1 atom stereocenters. The Morgan fingerprint density at radius 1 is 0.970 bits per heavy atom. The van der Waals surface area contributed by atoms with E-state index in [4.69, 9.17) is 10.5 Å². The quantitative estimate of drug-likeness (QED) is 0.488. The number of nitrogens with zero attached hydrogens (tertiary/aromatic N) is 5. The van der Waals surface area contributed by atoms with Crippen LogP contribution < -0.4 is 15.4 Å². The number of aromatic nitrogens is 3. The maximum absolute atomic E-state index is 13.2. The van der Waals surface area contributed by atoms with Crippen LogP contribution >= 0.6 is 0 Å². The highest BCUT2D eigenvalue weighted by atomic mass is 19.1. The second kappa shape index (κ2) is 8.99. The second-order valence-electron chi connectivity index (χ2n) is 8.13. The van der Waals surface area contributed by atoms with Gasteiger partial charge >= 0.3 is 0 Å². The lowest BCUT2D eigenvalue weighted by atomic mass is 10.1. The van der Waals surface area contributed by atoms with Gasteiger partial charge in [0.25, 0.3) is 0 Å². The Kier molecular flexibility index (Phi) is 5.75. The first-order valence-corrected chi connectivity index (χ1v) is 11.0. The van der Waals surface area contributed by atoms with Crippen molar-refractivity contribution >= 4 is 22.5 Å². The second-order valence-corrected chi connectivity index (χ2v) is 8.13. The number of para-hydroxylation sites is 1. The molecule has 1 aliphatic heterocycles. The molecule has 3 heterocycles. The van der Waals surface area contributed by atoms with E-state index in [1.807, 2.05) is 42.5 Å². The number of pyridine rings is 1. The van der Waals surface area contributed by atoms with E-state index in [1.54, 1.807) is 6.07 Å². The van der Waals surface area contributed by atoms with Crippen molar-refractivity contribution in [2.24, 2.45) is 0 Å². The molecule has 1 aliphatic rings. The van der Waals surface area contributed by atoms with Gasteiger partial charge in [-0.25, -0.2) is 19.3 Å². The van der Waals surface area contributed by atoms with E-state index in [9.17, 15) is 4.39 Å². The number of anilines is 2. The molecular formula is C25H25FN6O. The summed E-state index contributed by atoms with van der Waals surface area (Å²) >= 11 is 0. The van der Waals surface area contributed by atoms with E-state index in [1.165, 1.54) is 18.5 Å². The van der Waals surface area contributed by atoms with Crippen LogP contribution in [-0.4, -0.2) is 46.0 Å². The van der Waals surface area contributed by atoms with Crippen molar-refractivity contribution < 1.29 is 9.13 Å². The Hall–Kier alpha value is -3.78. The predicted molar refractivity (Wildman–Crippen MR) is 127 cm³/mol. The van der Waals surface area contributed by atoms with Gasteiger partial charge in [0.05, 0.1) is 0 Å². The molecule has 4 aromatic rings. The zero-order chi connectivity index (χ0) is 22.8. The summed E-state index contributed by atoms with van der Waals surface area (Å²) in [7, 11) is 0. The maximum atomic E-state index is 13.2. The van der Waals surface area contributed by atoms with Crippen LogP contribution in [0.25, 0.3) is 10.9 Å². The van der Waals surface area contributed by atoms with Gasteiger partial charge in [0.2, 0.25) is 5.88 Å². The largest absolute Gasteiger partial charge is 0.437 e. The standard InChI is InChI=1S/C25H25FN6O/c1-17(18-5-8-20(26)9-6-18)31-11-13-32(14-12-31)23-15-24(29-16-28-23)33-21-4-2-3-19-7-10-22(27)30-25(19)21/h2-10,15-17H,11-14H2,1H3,(H2,27,30)/t17-/m0/s1. The number of benzene rings is 2. The summed E-state index contributed by atoms with van der Waals surface area (Å²) < 4.78 is 19.3. The molecule has 5 rings (SSSR count). The molecule has 0 unspecified atom stereocenters. The number of hydrogen-bond acceptors (Lipinski definition) is 7. The van der Waals surface area contributed by atoms with Gasteiger partial charge in [-0.2, -0.15) is 0 Å². The zero-order valence-electron chi connectivity index (χ0n) is 18.4. The first-order chi connectivity index (χ1) is 16.1. The predicted octanol–water partition coefficient (Wildman–Crippen LogP) is 4.42. The summed E-state index contributed by atoms with van der Waals surface area (Å²) in [5, 5.41) is 0.947. The molecule has 7 nitrogen and oxygen atoms in total. The molecule has 0 aliphatic carbocycles. The van der Waals surface area contributed by atoms with Gasteiger partial charge < -0.3 is 15.4 Å². The molecule has 168 valence electrons. The lowest BCUT2D eigenvalue weighted by Crippen LogP contribution is -2.47. The van der Waals surface area contributed by atoms with Crippen molar-refractivity contribution in [3.63, 3.8) is 0 Å². The SMILES string of the molecule is C[C@@H](c1ccc(F)cc1)N1CCN(c2cc(Oc3cccc4ccc(N)nc34)ncn2)CC1. The van der Waals surface area contributed by atoms with Crippen molar-refractivity contribution in [3.8, 4) is 11.6 Å². The Morgan fingerprint density at radius 3 is 2.55 bits per heavy atom. The molecule has 0 saturated carbocycles. The first-order valence-electron chi connectivity index (χ1n) is 11.0. The zero-order valence-corrected chi connectivity index (χ0v) is 18.4. The minimum absolute atomic E-state index is 0.208. The summed E-state index contributed by atoms with van der Waals surface area (Å²) in [6, 6.07) is 18.2. The lowest BCUT2D eigenvalue weighted by Gasteiger charge is -2.38. The fourth-order valence-corrected chi connectivity index (χ4v) is 4.18. The van der Waals surface area contributed by atoms with E-state index in [-0.39, 0.29) is 11.9 Å². The smallest absolute Gasteiger partial charge is 0.224 e. The van der Waals surface area contributed by atoms with Gasteiger partial charge in [-0.1, -0.05) is 24.3 Å². The average Bonchev–Trinajstić information content (AvgIpc) is 2.85. The van der Waals surface area contributed by atoms with Crippen LogP contribution in [0.3, 0.4) is 0 Å². The molecule has 2 N–H and O–H groups in total. The molecule has 2 aromatic carbocycles. The van der Waals surface area contributed by atoms with E-state index in [0.717, 1.165) is 42.9 Å². The van der Waals surface area contributed by atoms with Gasteiger partial charge in [0.15, 0.2) is 5.75 Å². The van der Waals surface area contributed by atoms with Crippen LogP contribution in [0.5, 0.6) is 11.6 Å². The molecule has 33 heavy (non-hydrogen) atoms. The highest BCUT2D eigenvalue weighted by Gasteiger charge is 2.23. The van der Waals surface area contributed by atoms with Crippen LogP contribution in [0.2, 0.25) is 0 Å². The number of nitrogen functional groups attached to an aromatic ring is 1. The minimum Gasteiger partial charge on any atom is -0.437 e. The third-order valence-electron chi connectivity index (χ3n) is 6.09. The highest BCUT2D eigenvalue weighted by Crippen LogP contribution is 2.30. The van der Waals surface area contributed by atoms with Gasteiger partial charge in [0, 0.05) is 43.7 Å². The fourth-order valence-electron chi connectivity index (χ4n) is 4.18. The molecule has 1 fully saturated rings. The fraction of sp³-hybridized carbons (Fsp3) is 0.240. The summed E-state index contributed by atoms with van der Waals surface area (Å²) in [5.41, 5.74) is 7.68. The number of rotatable bonds is 5. The van der Waals surface area contributed by atoms with Crippen molar-refractivity contribution in [1.29, 1.82) is 0 Å². The molecule has 8 heteroatoms. The lowest BCUT2D eigenvalue weighted by molar-refractivity contribution is 0.198. The molecule has 2 aromatic heterocycles. The van der Waals surface area contributed by atoms with Crippen LogP contribution in [0.4, 0.5) is 16.0 Å². The average molecular weight is 445 g/mol. The van der Waals surface area contributed by atoms with Crippen LogP contribution in [0, 0.1) is 5.82 Å². The van der Waals surface area contributed by atoms with E-state index < -0.39 is 0 Å². The number of nitrogens with two attached hydrogens (primary N) is 1. The minimum atomic E-state index is -0.208. The van der Waals surface area contributed by atoms with Crippen LogP contribution in [-0.2, 0) is 0 Å². The van der Waals surface area contributed by atoms with Crippen molar-refractivity contribution in [1.82, 2.24) is 19.9 Å². The molecular weight excluding hydrogens is 419 g/mol. The Balaban J connectivity index is 1.28. The number of fused-ring (bicyclic) bond motifs is 1. The molecule has 0 bridgehead atoms. The number of hydrogen-bond donors (Lipinski definition) is 1. The molecule has 0 spiro atoms. The maximum Gasteiger partial charge on any atom is 0.224 e. The monoisotopic (exact) mass is 444 g/mol. The third-order valence-corrected chi connectivity index (χ3v) is 6.09. The number of piperazine rings is 1. The van der Waals surface area contributed by atoms with Crippen LogP contribution in [0.15, 0.2) is 67.0 Å². The Labute approximate surface area is 191 Å². The molecule has 0 radical (unpaired) electrons. The normalized spacial score (nSPS) is 15.5. The van der Waals surface area contributed by atoms with Crippen molar-refractivity contribution in [2.75, 3.05) is 36.8 Å². The van der Waals surface area contributed by atoms with Gasteiger partial charge in [-0.3, -0.25) is 4.90 Å².